The molecule has 1 rings (SSSR count). The zero-order valence-corrected chi connectivity index (χ0v) is 8.86. The van der Waals surface area contributed by atoms with E-state index in [4.69, 9.17) is 15.6 Å². The van der Waals surface area contributed by atoms with E-state index in [-0.39, 0.29) is 6.42 Å². The van der Waals surface area contributed by atoms with Crippen molar-refractivity contribution in [2.45, 2.75) is 19.4 Å². The Kier molecular flexibility index (Phi) is 3.68. The lowest BCUT2D eigenvalue weighted by atomic mass is 9.99. The van der Waals surface area contributed by atoms with Gasteiger partial charge in [-0.25, -0.2) is 0 Å². The van der Waals surface area contributed by atoms with Gasteiger partial charge in [-0.3, -0.25) is 4.79 Å². The van der Waals surface area contributed by atoms with Crippen LogP contribution >= 0.6 is 0 Å². The lowest BCUT2D eigenvalue weighted by molar-refractivity contribution is -0.137. The van der Waals surface area contributed by atoms with Crippen molar-refractivity contribution in [1.29, 1.82) is 0 Å². The minimum absolute atomic E-state index is 0.0754. The van der Waals surface area contributed by atoms with Crippen molar-refractivity contribution in [3.05, 3.63) is 29.3 Å². The van der Waals surface area contributed by atoms with Gasteiger partial charge >= 0.3 is 5.97 Å². The summed E-state index contributed by atoms with van der Waals surface area (Å²) in [7, 11) is 1.57. The Bertz CT molecular complexity index is 363. The van der Waals surface area contributed by atoms with Gasteiger partial charge in [0.05, 0.1) is 13.5 Å². The van der Waals surface area contributed by atoms with Crippen molar-refractivity contribution in [2.24, 2.45) is 5.73 Å². The van der Waals surface area contributed by atoms with E-state index in [0.29, 0.717) is 5.75 Å². The average Bonchev–Trinajstić information content (AvgIpc) is 2.17. The standard InChI is InChI=1S/C11H15NO3/c1-7-3-4-8(15-2)5-9(7)10(12)6-11(13)14/h3-5,10H,6,12H2,1-2H3,(H,13,14). The summed E-state index contributed by atoms with van der Waals surface area (Å²) in [5.41, 5.74) is 7.58. The third-order valence-corrected chi connectivity index (χ3v) is 2.28. The minimum Gasteiger partial charge on any atom is -0.497 e. The summed E-state index contributed by atoms with van der Waals surface area (Å²) >= 11 is 0. The molecule has 4 nitrogen and oxygen atoms in total. The van der Waals surface area contributed by atoms with Crippen LogP contribution in [0.3, 0.4) is 0 Å². The van der Waals surface area contributed by atoms with E-state index in [9.17, 15) is 4.79 Å². The highest BCUT2D eigenvalue weighted by molar-refractivity contribution is 5.68. The largest absolute Gasteiger partial charge is 0.497 e. The summed E-state index contributed by atoms with van der Waals surface area (Å²) in [4.78, 5) is 10.5. The maximum atomic E-state index is 10.5. The zero-order valence-electron chi connectivity index (χ0n) is 8.86. The Morgan fingerprint density at radius 3 is 2.80 bits per heavy atom. The van der Waals surface area contributed by atoms with E-state index in [1.165, 1.54) is 0 Å². The lowest BCUT2D eigenvalue weighted by Crippen LogP contribution is -2.16. The molecule has 1 aromatic carbocycles. The molecule has 0 radical (unpaired) electrons. The maximum absolute atomic E-state index is 10.5. The van der Waals surface area contributed by atoms with Crippen LogP contribution in [0.2, 0.25) is 0 Å². The Balaban J connectivity index is 2.95. The van der Waals surface area contributed by atoms with Gasteiger partial charge < -0.3 is 15.6 Å². The van der Waals surface area contributed by atoms with Gasteiger partial charge in [0, 0.05) is 6.04 Å². The van der Waals surface area contributed by atoms with Crippen LogP contribution in [0.4, 0.5) is 0 Å². The molecule has 0 saturated carbocycles. The Morgan fingerprint density at radius 2 is 2.27 bits per heavy atom. The molecular weight excluding hydrogens is 194 g/mol. The number of methoxy groups -OCH3 is 1. The highest BCUT2D eigenvalue weighted by atomic mass is 16.5. The minimum atomic E-state index is -0.898. The molecule has 0 aliphatic heterocycles. The van der Waals surface area contributed by atoms with Crippen molar-refractivity contribution in [1.82, 2.24) is 0 Å². The summed E-state index contributed by atoms with van der Waals surface area (Å²) in [6, 6.07) is 4.99. The molecule has 0 fully saturated rings. The normalized spacial score (nSPS) is 12.2. The van der Waals surface area contributed by atoms with Crippen molar-refractivity contribution in [2.75, 3.05) is 7.11 Å². The first-order valence-corrected chi connectivity index (χ1v) is 4.66. The van der Waals surface area contributed by atoms with Gasteiger partial charge in [0.15, 0.2) is 0 Å². The molecule has 0 spiro atoms. The number of aliphatic carboxylic acids is 1. The van der Waals surface area contributed by atoms with Gasteiger partial charge in [0.1, 0.15) is 5.75 Å². The first-order valence-electron chi connectivity index (χ1n) is 4.66. The highest BCUT2D eigenvalue weighted by Crippen LogP contribution is 2.23. The van der Waals surface area contributed by atoms with Gasteiger partial charge in [0.25, 0.3) is 0 Å². The quantitative estimate of drug-likeness (QED) is 0.787. The summed E-state index contributed by atoms with van der Waals surface area (Å²) in [5.74, 6) is -0.207. The van der Waals surface area contributed by atoms with Gasteiger partial charge in [-0.15, -0.1) is 0 Å². The van der Waals surface area contributed by atoms with Gasteiger partial charge in [-0.1, -0.05) is 6.07 Å². The number of hydrogen-bond acceptors (Lipinski definition) is 3. The van der Waals surface area contributed by atoms with E-state index < -0.39 is 12.0 Å². The molecule has 1 aromatic rings. The summed E-state index contributed by atoms with van der Waals surface area (Å²) in [6.45, 7) is 1.90. The lowest BCUT2D eigenvalue weighted by Gasteiger charge is -2.13. The van der Waals surface area contributed by atoms with E-state index in [1.807, 2.05) is 19.1 Å². The second-order valence-electron chi connectivity index (χ2n) is 3.43. The van der Waals surface area contributed by atoms with E-state index >= 15 is 0 Å². The fourth-order valence-electron chi connectivity index (χ4n) is 1.44. The van der Waals surface area contributed by atoms with Crippen LogP contribution in [0.5, 0.6) is 5.75 Å². The van der Waals surface area contributed by atoms with E-state index in [2.05, 4.69) is 0 Å². The molecule has 1 unspecified atom stereocenters. The fraction of sp³-hybridized carbons (Fsp3) is 0.364. The number of nitrogens with two attached hydrogens (primary N) is 1. The summed E-state index contributed by atoms with van der Waals surface area (Å²) in [5, 5.41) is 8.65. The Labute approximate surface area is 88.7 Å². The van der Waals surface area contributed by atoms with Crippen molar-refractivity contribution in [3.63, 3.8) is 0 Å². The summed E-state index contributed by atoms with van der Waals surface area (Å²) < 4.78 is 5.06. The number of carboxylic acid groups (broad SMARTS) is 1. The SMILES string of the molecule is COc1ccc(C)c(C(N)CC(=O)O)c1. The molecule has 4 heteroatoms. The number of hydrogen-bond donors (Lipinski definition) is 2. The Morgan fingerprint density at radius 1 is 1.60 bits per heavy atom. The smallest absolute Gasteiger partial charge is 0.305 e. The molecule has 0 aliphatic carbocycles. The molecule has 0 bridgehead atoms. The Hall–Kier alpha value is -1.55. The highest BCUT2D eigenvalue weighted by Gasteiger charge is 2.13. The van der Waals surface area contributed by atoms with E-state index in [0.717, 1.165) is 11.1 Å². The van der Waals surface area contributed by atoms with Crippen LogP contribution in [-0.4, -0.2) is 18.2 Å². The van der Waals surface area contributed by atoms with Crippen LogP contribution in [-0.2, 0) is 4.79 Å². The molecule has 15 heavy (non-hydrogen) atoms. The van der Waals surface area contributed by atoms with Crippen LogP contribution in [0.15, 0.2) is 18.2 Å². The third kappa shape index (κ3) is 2.95. The topological polar surface area (TPSA) is 72.5 Å². The van der Waals surface area contributed by atoms with Gasteiger partial charge in [-0.05, 0) is 30.2 Å². The van der Waals surface area contributed by atoms with Gasteiger partial charge in [0.2, 0.25) is 0 Å². The molecule has 0 aromatic heterocycles. The van der Waals surface area contributed by atoms with Crippen LogP contribution in [0.1, 0.15) is 23.6 Å². The van der Waals surface area contributed by atoms with Crippen molar-refractivity contribution in [3.8, 4) is 5.75 Å². The number of benzene rings is 1. The molecule has 0 amide bonds. The number of carbonyl (C=O) groups is 1. The monoisotopic (exact) mass is 209 g/mol. The number of rotatable bonds is 4. The predicted octanol–water partition coefficient (Wildman–Crippen LogP) is 1.48. The van der Waals surface area contributed by atoms with Crippen LogP contribution in [0.25, 0.3) is 0 Å². The average molecular weight is 209 g/mol. The number of aryl methyl sites for hydroxylation is 1. The fourth-order valence-corrected chi connectivity index (χ4v) is 1.44. The zero-order chi connectivity index (χ0) is 11.4. The second-order valence-corrected chi connectivity index (χ2v) is 3.43. The molecule has 0 heterocycles. The van der Waals surface area contributed by atoms with Crippen LogP contribution < -0.4 is 10.5 Å². The first-order chi connectivity index (χ1) is 7.04. The second kappa shape index (κ2) is 4.79. The maximum Gasteiger partial charge on any atom is 0.305 e. The molecule has 1 atom stereocenters. The first kappa shape index (κ1) is 11.5. The van der Waals surface area contributed by atoms with Crippen molar-refractivity contribution < 1.29 is 14.6 Å². The molecule has 3 N–H and O–H groups in total. The molecular formula is C11H15NO3. The molecule has 82 valence electrons. The predicted molar refractivity (Wildman–Crippen MR) is 56.9 cm³/mol. The molecule has 0 aliphatic rings. The summed E-state index contributed by atoms with van der Waals surface area (Å²) in [6.07, 6.45) is -0.0754. The third-order valence-electron chi connectivity index (χ3n) is 2.28. The number of carboxylic acids is 1. The number of ether oxygens (including phenoxy) is 1. The van der Waals surface area contributed by atoms with Crippen molar-refractivity contribution >= 4 is 5.97 Å². The molecule has 0 saturated heterocycles. The van der Waals surface area contributed by atoms with Gasteiger partial charge in [-0.2, -0.15) is 0 Å². The van der Waals surface area contributed by atoms with Crippen LogP contribution in [0, 0.1) is 6.92 Å². The van der Waals surface area contributed by atoms with E-state index in [1.54, 1.807) is 13.2 Å².